The maximum absolute atomic E-state index is 12.1. The molecule has 5 nitrogen and oxygen atoms in total. The molecule has 0 saturated heterocycles. The fourth-order valence-corrected chi connectivity index (χ4v) is 3.31. The summed E-state index contributed by atoms with van der Waals surface area (Å²) in [4.78, 5) is 15.2. The van der Waals surface area contributed by atoms with Crippen LogP contribution in [0.5, 0.6) is 0 Å². The summed E-state index contributed by atoms with van der Waals surface area (Å²) in [5, 5.41) is 7.22. The van der Waals surface area contributed by atoms with E-state index in [0.29, 0.717) is 13.1 Å². The van der Waals surface area contributed by atoms with Crippen LogP contribution in [0.4, 0.5) is 5.69 Å². The fourth-order valence-electron chi connectivity index (χ4n) is 2.14. The summed E-state index contributed by atoms with van der Waals surface area (Å²) in [6.45, 7) is 4.85. The van der Waals surface area contributed by atoms with E-state index in [0.717, 1.165) is 26.3 Å². The van der Waals surface area contributed by atoms with Crippen molar-refractivity contribution in [2.75, 3.05) is 18.9 Å². The Bertz CT molecular complexity index is 649. The molecule has 0 spiro atoms. The van der Waals surface area contributed by atoms with Gasteiger partial charge < -0.3 is 5.32 Å². The zero-order chi connectivity index (χ0) is 15.6. The van der Waals surface area contributed by atoms with Crippen LogP contribution >= 0.6 is 22.9 Å². The van der Waals surface area contributed by atoms with Gasteiger partial charge in [-0.05, 0) is 33.0 Å². The molecule has 0 aliphatic heterocycles. The Morgan fingerprint density at radius 2 is 2.19 bits per heavy atom. The summed E-state index contributed by atoms with van der Waals surface area (Å²) < 4.78 is 2.53. The predicted molar refractivity (Wildman–Crippen MR) is 87.0 cm³/mol. The van der Waals surface area contributed by atoms with Crippen molar-refractivity contribution in [3.05, 3.63) is 32.7 Å². The van der Waals surface area contributed by atoms with Gasteiger partial charge in [-0.15, -0.1) is 11.3 Å². The van der Waals surface area contributed by atoms with Gasteiger partial charge >= 0.3 is 0 Å². The number of thiophene rings is 1. The Kier molecular flexibility index (Phi) is 5.03. The van der Waals surface area contributed by atoms with E-state index in [9.17, 15) is 4.79 Å². The van der Waals surface area contributed by atoms with Crippen LogP contribution in [0.15, 0.2) is 12.1 Å². The molecule has 7 heteroatoms. The molecule has 0 saturated carbocycles. The molecule has 2 aromatic heterocycles. The molecule has 1 amide bonds. The number of aryl methyl sites for hydroxylation is 2. The smallest absolute Gasteiger partial charge is 0.238 e. The predicted octanol–water partition coefficient (Wildman–Crippen LogP) is 2.82. The van der Waals surface area contributed by atoms with Gasteiger partial charge in [0.1, 0.15) is 0 Å². The van der Waals surface area contributed by atoms with Gasteiger partial charge in [-0.2, -0.15) is 5.10 Å². The second-order valence-corrected chi connectivity index (χ2v) is 6.90. The number of anilines is 1. The summed E-state index contributed by atoms with van der Waals surface area (Å²) in [7, 11) is 3.78. The van der Waals surface area contributed by atoms with Crippen LogP contribution in [0, 0.1) is 13.8 Å². The van der Waals surface area contributed by atoms with Gasteiger partial charge in [0.2, 0.25) is 5.91 Å². The van der Waals surface area contributed by atoms with Crippen LogP contribution in [0.3, 0.4) is 0 Å². The molecule has 0 atom stereocenters. The van der Waals surface area contributed by atoms with Gasteiger partial charge in [-0.25, -0.2) is 0 Å². The molecule has 2 rings (SSSR count). The Morgan fingerprint density at radius 1 is 1.48 bits per heavy atom. The highest BCUT2D eigenvalue weighted by Gasteiger charge is 2.14. The van der Waals surface area contributed by atoms with Crippen molar-refractivity contribution < 1.29 is 4.79 Å². The monoisotopic (exact) mass is 326 g/mol. The fraction of sp³-hybridized carbons (Fsp3) is 0.429. The third-order valence-electron chi connectivity index (χ3n) is 3.24. The molecular formula is C14H19ClN4OS. The average molecular weight is 327 g/mol. The molecule has 21 heavy (non-hydrogen) atoms. The number of nitrogens with zero attached hydrogens (tertiary/aromatic N) is 3. The van der Waals surface area contributed by atoms with Crippen LogP contribution in [0.2, 0.25) is 4.34 Å². The first kappa shape index (κ1) is 16.0. The largest absolute Gasteiger partial charge is 0.322 e. The second-order valence-electron chi connectivity index (χ2n) is 5.10. The lowest BCUT2D eigenvalue weighted by Gasteiger charge is -2.15. The van der Waals surface area contributed by atoms with E-state index in [1.54, 1.807) is 4.68 Å². The molecular weight excluding hydrogens is 308 g/mol. The van der Waals surface area contributed by atoms with Crippen LogP contribution in [0.1, 0.15) is 16.3 Å². The number of hydrogen-bond donors (Lipinski definition) is 1. The molecule has 0 fully saturated rings. The number of amides is 1. The zero-order valence-electron chi connectivity index (χ0n) is 12.6. The average Bonchev–Trinajstić information content (AvgIpc) is 2.88. The molecule has 0 aliphatic carbocycles. The SMILES string of the molecule is Cc1nn(C)c(C)c1NC(=O)CN(C)Cc1ccc(Cl)s1. The maximum Gasteiger partial charge on any atom is 0.238 e. The van der Waals surface area contributed by atoms with Gasteiger partial charge in [-0.3, -0.25) is 14.4 Å². The summed E-state index contributed by atoms with van der Waals surface area (Å²) >= 11 is 7.44. The Hall–Kier alpha value is -1.37. The highest BCUT2D eigenvalue weighted by atomic mass is 35.5. The van der Waals surface area contributed by atoms with Crippen LogP contribution in [-0.4, -0.2) is 34.2 Å². The van der Waals surface area contributed by atoms with Crippen molar-refractivity contribution in [3.63, 3.8) is 0 Å². The van der Waals surface area contributed by atoms with Crippen molar-refractivity contribution >= 4 is 34.5 Å². The molecule has 114 valence electrons. The van der Waals surface area contributed by atoms with Gasteiger partial charge in [0.15, 0.2) is 0 Å². The van der Waals surface area contributed by atoms with E-state index in [2.05, 4.69) is 10.4 Å². The number of likely N-dealkylation sites (N-methyl/N-ethyl adjacent to an activating group) is 1. The minimum atomic E-state index is -0.0423. The first-order valence-corrected chi connectivity index (χ1v) is 7.79. The third kappa shape index (κ3) is 4.06. The van der Waals surface area contributed by atoms with E-state index < -0.39 is 0 Å². The van der Waals surface area contributed by atoms with E-state index in [-0.39, 0.29) is 5.91 Å². The number of aromatic nitrogens is 2. The van der Waals surface area contributed by atoms with Crippen molar-refractivity contribution in [3.8, 4) is 0 Å². The zero-order valence-corrected chi connectivity index (χ0v) is 14.2. The number of nitrogens with one attached hydrogen (secondary N) is 1. The summed E-state index contributed by atoms with van der Waals surface area (Å²) in [5.41, 5.74) is 2.58. The molecule has 0 unspecified atom stereocenters. The van der Waals surface area contributed by atoms with Gasteiger partial charge in [0.25, 0.3) is 0 Å². The van der Waals surface area contributed by atoms with Crippen molar-refractivity contribution in [2.45, 2.75) is 20.4 Å². The van der Waals surface area contributed by atoms with E-state index in [4.69, 9.17) is 11.6 Å². The van der Waals surface area contributed by atoms with E-state index in [1.807, 2.05) is 45.0 Å². The van der Waals surface area contributed by atoms with E-state index >= 15 is 0 Å². The Labute approximate surface area is 133 Å². The van der Waals surface area contributed by atoms with Gasteiger partial charge in [0, 0.05) is 18.5 Å². The molecule has 0 bridgehead atoms. The van der Waals surface area contributed by atoms with Gasteiger partial charge in [-0.1, -0.05) is 11.6 Å². The normalized spacial score (nSPS) is 11.1. The third-order valence-corrected chi connectivity index (χ3v) is 4.46. The first-order chi connectivity index (χ1) is 9.86. The first-order valence-electron chi connectivity index (χ1n) is 6.59. The van der Waals surface area contributed by atoms with E-state index in [1.165, 1.54) is 11.3 Å². The molecule has 1 N–H and O–H groups in total. The van der Waals surface area contributed by atoms with Crippen molar-refractivity contribution in [1.29, 1.82) is 0 Å². The summed E-state index contributed by atoms with van der Waals surface area (Å²) in [5.74, 6) is -0.0423. The number of halogens is 1. The van der Waals surface area contributed by atoms with Crippen LogP contribution in [-0.2, 0) is 18.4 Å². The number of hydrogen-bond acceptors (Lipinski definition) is 4. The van der Waals surface area contributed by atoms with Crippen LogP contribution in [0.25, 0.3) is 0 Å². The number of carbonyl (C=O) groups excluding carboxylic acids is 1. The lowest BCUT2D eigenvalue weighted by molar-refractivity contribution is -0.117. The summed E-state index contributed by atoms with van der Waals surface area (Å²) in [6.07, 6.45) is 0. The molecule has 2 heterocycles. The molecule has 0 aromatic carbocycles. The van der Waals surface area contributed by atoms with Gasteiger partial charge in [0.05, 0.1) is 28.0 Å². The lowest BCUT2D eigenvalue weighted by atomic mass is 10.3. The highest BCUT2D eigenvalue weighted by molar-refractivity contribution is 7.16. The quantitative estimate of drug-likeness (QED) is 0.919. The maximum atomic E-state index is 12.1. The van der Waals surface area contributed by atoms with Crippen molar-refractivity contribution in [2.24, 2.45) is 7.05 Å². The molecule has 0 radical (unpaired) electrons. The highest BCUT2D eigenvalue weighted by Crippen LogP contribution is 2.22. The molecule has 2 aromatic rings. The minimum absolute atomic E-state index is 0.0423. The van der Waals surface area contributed by atoms with Crippen LogP contribution < -0.4 is 5.32 Å². The number of carbonyl (C=O) groups is 1. The standard InChI is InChI=1S/C14H19ClN4OS/c1-9-14(10(2)19(4)17-9)16-13(20)8-18(3)7-11-5-6-12(15)21-11/h5-6H,7-8H2,1-4H3,(H,16,20). The molecule has 0 aliphatic rings. The topological polar surface area (TPSA) is 50.2 Å². The summed E-state index contributed by atoms with van der Waals surface area (Å²) in [6, 6.07) is 3.86. The van der Waals surface area contributed by atoms with Crippen molar-refractivity contribution in [1.82, 2.24) is 14.7 Å². The Balaban J connectivity index is 1.92. The second kappa shape index (κ2) is 6.60. The minimum Gasteiger partial charge on any atom is -0.322 e. The number of rotatable bonds is 5. The Morgan fingerprint density at radius 3 is 2.71 bits per heavy atom. The lowest BCUT2D eigenvalue weighted by Crippen LogP contribution is -2.29.